The van der Waals surface area contributed by atoms with Crippen LogP contribution >= 0.6 is 0 Å². The molecule has 8 nitrogen and oxygen atoms in total. The Bertz CT molecular complexity index is 666. The van der Waals surface area contributed by atoms with Gasteiger partial charge in [0.1, 0.15) is 5.69 Å². The molecule has 1 aromatic rings. The third-order valence-corrected chi connectivity index (χ3v) is 6.55. The number of carbonyl (C=O) groups excluding carboxylic acids is 1. The Morgan fingerprint density at radius 3 is 2.96 bits per heavy atom. The number of piperidine rings is 1. The minimum absolute atomic E-state index is 0.0129. The minimum Gasteiger partial charge on any atom is -0.381 e. The predicted octanol–water partition coefficient (Wildman–Crippen LogP) is 0.0543. The fourth-order valence-electron chi connectivity index (χ4n) is 3.24. The lowest BCUT2D eigenvalue weighted by atomic mass is 9.96. The van der Waals surface area contributed by atoms with Crippen LogP contribution in [0.3, 0.4) is 0 Å². The Balaban J connectivity index is 1.68. The van der Waals surface area contributed by atoms with Crippen LogP contribution in [0.4, 0.5) is 0 Å². The van der Waals surface area contributed by atoms with Gasteiger partial charge in [-0.2, -0.15) is 5.10 Å². The molecular formula is C14H22N4O4S. The Morgan fingerprint density at radius 2 is 2.30 bits per heavy atom. The van der Waals surface area contributed by atoms with E-state index in [9.17, 15) is 13.2 Å². The first kappa shape index (κ1) is 16.4. The molecule has 0 spiro atoms. The fourth-order valence-corrected chi connectivity index (χ4v) is 5.12. The number of sulfonamides is 1. The van der Waals surface area contributed by atoms with Crippen molar-refractivity contribution in [3.05, 3.63) is 17.5 Å². The van der Waals surface area contributed by atoms with Gasteiger partial charge in [-0.05, 0) is 31.2 Å². The van der Waals surface area contributed by atoms with E-state index in [-0.39, 0.29) is 23.3 Å². The smallest absolute Gasteiger partial charge is 0.269 e. The average Bonchev–Trinajstić information content (AvgIpc) is 3.18. The van der Waals surface area contributed by atoms with Crippen LogP contribution in [-0.4, -0.2) is 60.9 Å². The zero-order valence-corrected chi connectivity index (χ0v) is 13.7. The van der Waals surface area contributed by atoms with E-state index < -0.39 is 15.9 Å². The molecule has 0 radical (unpaired) electrons. The highest BCUT2D eigenvalue weighted by Crippen LogP contribution is 2.28. The average molecular weight is 342 g/mol. The quantitative estimate of drug-likeness (QED) is 0.784. The summed E-state index contributed by atoms with van der Waals surface area (Å²) in [7, 11) is -3.29. The van der Waals surface area contributed by atoms with Crippen molar-refractivity contribution in [3.63, 3.8) is 0 Å². The summed E-state index contributed by atoms with van der Waals surface area (Å²) in [5.41, 5.74) is 6.15. The Hall–Kier alpha value is -1.45. The number of aromatic nitrogens is 2. The Labute approximate surface area is 135 Å². The van der Waals surface area contributed by atoms with Gasteiger partial charge in [0, 0.05) is 31.3 Å². The summed E-state index contributed by atoms with van der Waals surface area (Å²) in [5, 5.41) is 6.69. The van der Waals surface area contributed by atoms with Crippen molar-refractivity contribution in [2.24, 2.45) is 11.7 Å². The largest absolute Gasteiger partial charge is 0.381 e. The highest BCUT2D eigenvalue weighted by atomic mass is 32.2. The van der Waals surface area contributed by atoms with Gasteiger partial charge in [-0.3, -0.25) is 9.89 Å². The Kier molecular flexibility index (Phi) is 4.69. The summed E-state index contributed by atoms with van der Waals surface area (Å²) < 4.78 is 32.0. The van der Waals surface area contributed by atoms with Crippen LogP contribution in [0.1, 0.15) is 41.4 Å². The van der Waals surface area contributed by atoms with Gasteiger partial charge in [-0.25, -0.2) is 12.7 Å². The number of aromatic amines is 1. The van der Waals surface area contributed by atoms with Gasteiger partial charge in [-0.1, -0.05) is 0 Å². The van der Waals surface area contributed by atoms with E-state index in [0.717, 1.165) is 25.0 Å². The van der Waals surface area contributed by atoms with Crippen molar-refractivity contribution in [1.29, 1.82) is 0 Å². The highest BCUT2D eigenvalue weighted by molar-refractivity contribution is 7.89. The van der Waals surface area contributed by atoms with E-state index in [1.807, 2.05) is 0 Å². The van der Waals surface area contributed by atoms with Crippen LogP contribution in [0.2, 0.25) is 0 Å². The van der Waals surface area contributed by atoms with Crippen LogP contribution in [0.15, 0.2) is 6.07 Å². The van der Waals surface area contributed by atoms with E-state index in [4.69, 9.17) is 10.5 Å². The van der Waals surface area contributed by atoms with Crippen LogP contribution in [0, 0.1) is 5.92 Å². The van der Waals surface area contributed by atoms with E-state index in [0.29, 0.717) is 26.3 Å². The summed E-state index contributed by atoms with van der Waals surface area (Å²) >= 11 is 0. The zero-order valence-electron chi connectivity index (χ0n) is 12.9. The van der Waals surface area contributed by atoms with E-state index in [1.165, 1.54) is 0 Å². The lowest BCUT2D eigenvalue weighted by Gasteiger charge is -2.32. The van der Waals surface area contributed by atoms with Crippen molar-refractivity contribution < 1.29 is 17.9 Å². The van der Waals surface area contributed by atoms with Crippen molar-refractivity contribution in [2.75, 3.05) is 32.1 Å². The van der Waals surface area contributed by atoms with E-state index in [2.05, 4.69) is 10.2 Å². The van der Waals surface area contributed by atoms with Crippen LogP contribution in [-0.2, 0) is 14.8 Å². The lowest BCUT2D eigenvalue weighted by molar-refractivity contribution is 0.0995. The van der Waals surface area contributed by atoms with Crippen LogP contribution in [0.25, 0.3) is 0 Å². The maximum Gasteiger partial charge on any atom is 0.269 e. The van der Waals surface area contributed by atoms with Gasteiger partial charge in [0.05, 0.1) is 12.4 Å². The molecule has 2 aliphatic heterocycles. The third-order valence-electron chi connectivity index (χ3n) is 4.54. The number of amides is 1. The SMILES string of the molecule is NC(=O)c1cc(C2CCCN(S(=O)(=O)CC3CCOC3)C2)[nH]n1. The summed E-state index contributed by atoms with van der Waals surface area (Å²) in [6.07, 6.45) is 2.45. The predicted molar refractivity (Wildman–Crippen MR) is 83.4 cm³/mol. The van der Waals surface area contributed by atoms with Gasteiger partial charge in [0.2, 0.25) is 10.0 Å². The summed E-state index contributed by atoms with van der Waals surface area (Å²) in [6, 6.07) is 1.62. The second-order valence-electron chi connectivity index (χ2n) is 6.28. The molecule has 3 N–H and O–H groups in total. The zero-order chi connectivity index (χ0) is 16.4. The van der Waals surface area contributed by atoms with Crippen molar-refractivity contribution in [3.8, 4) is 0 Å². The maximum absolute atomic E-state index is 12.6. The first-order valence-corrected chi connectivity index (χ1v) is 9.47. The molecule has 2 fully saturated rings. The van der Waals surface area contributed by atoms with Crippen LogP contribution in [0.5, 0.6) is 0 Å². The molecule has 0 bridgehead atoms. The number of nitrogens with two attached hydrogens (primary N) is 1. The van der Waals surface area contributed by atoms with Gasteiger partial charge >= 0.3 is 0 Å². The number of rotatable bonds is 5. The fraction of sp³-hybridized carbons (Fsp3) is 0.714. The third kappa shape index (κ3) is 3.73. The topological polar surface area (TPSA) is 118 Å². The summed E-state index contributed by atoms with van der Waals surface area (Å²) in [4.78, 5) is 11.1. The van der Waals surface area contributed by atoms with Gasteiger partial charge in [0.15, 0.2) is 0 Å². The number of H-pyrrole nitrogens is 1. The van der Waals surface area contributed by atoms with Crippen LogP contribution < -0.4 is 5.73 Å². The van der Waals surface area contributed by atoms with Gasteiger partial charge in [-0.15, -0.1) is 0 Å². The molecule has 9 heteroatoms. The minimum atomic E-state index is -3.29. The molecule has 1 amide bonds. The molecule has 3 heterocycles. The normalized spacial score (nSPS) is 26.4. The molecule has 23 heavy (non-hydrogen) atoms. The Morgan fingerprint density at radius 1 is 1.48 bits per heavy atom. The molecule has 2 aliphatic rings. The second-order valence-corrected chi connectivity index (χ2v) is 8.29. The standard InChI is InChI=1S/C14H22N4O4S/c15-14(19)13-6-12(16-17-13)11-2-1-4-18(7-11)23(20,21)9-10-3-5-22-8-10/h6,10-11H,1-5,7-9H2,(H2,15,19)(H,16,17). The number of hydrogen-bond acceptors (Lipinski definition) is 5. The van der Waals surface area contributed by atoms with E-state index >= 15 is 0 Å². The molecule has 0 aromatic carbocycles. The molecule has 2 saturated heterocycles. The molecular weight excluding hydrogens is 320 g/mol. The molecule has 128 valence electrons. The molecule has 3 rings (SSSR count). The monoisotopic (exact) mass is 342 g/mol. The second kappa shape index (κ2) is 6.58. The summed E-state index contributed by atoms with van der Waals surface area (Å²) in [6.45, 7) is 2.13. The van der Waals surface area contributed by atoms with Crippen molar-refractivity contribution >= 4 is 15.9 Å². The first-order chi connectivity index (χ1) is 11.0. The van der Waals surface area contributed by atoms with Crippen molar-refractivity contribution in [2.45, 2.75) is 25.2 Å². The number of primary amides is 1. The first-order valence-electron chi connectivity index (χ1n) is 7.86. The molecule has 2 unspecified atom stereocenters. The number of hydrogen-bond donors (Lipinski definition) is 2. The number of nitrogens with zero attached hydrogens (tertiary/aromatic N) is 2. The van der Waals surface area contributed by atoms with Gasteiger partial charge in [0.25, 0.3) is 5.91 Å². The van der Waals surface area contributed by atoms with Gasteiger partial charge < -0.3 is 10.5 Å². The molecule has 1 aromatic heterocycles. The van der Waals surface area contributed by atoms with E-state index in [1.54, 1.807) is 10.4 Å². The molecule has 0 saturated carbocycles. The number of carbonyl (C=O) groups is 1. The highest BCUT2D eigenvalue weighted by Gasteiger charge is 2.33. The van der Waals surface area contributed by atoms with Crippen molar-refractivity contribution in [1.82, 2.24) is 14.5 Å². The maximum atomic E-state index is 12.6. The summed E-state index contributed by atoms with van der Waals surface area (Å²) in [5.74, 6) is -0.336. The number of nitrogens with one attached hydrogen (secondary N) is 1. The number of ether oxygens (including phenoxy) is 1. The lowest BCUT2D eigenvalue weighted by Crippen LogP contribution is -2.41. The molecule has 0 aliphatic carbocycles. The molecule has 2 atom stereocenters.